The lowest BCUT2D eigenvalue weighted by atomic mass is 9.95. The van der Waals surface area contributed by atoms with Gasteiger partial charge in [0.15, 0.2) is 0 Å². The van der Waals surface area contributed by atoms with Crippen molar-refractivity contribution in [2.75, 3.05) is 33.8 Å². The average Bonchev–Trinajstić information content (AvgIpc) is 1.79. The summed E-state index contributed by atoms with van der Waals surface area (Å²) in [5.41, 5.74) is 0. The third kappa shape index (κ3) is 7.90. The maximum absolute atomic E-state index is 8.33. The van der Waals surface area contributed by atoms with Crippen LogP contribution < -0.4 is 0 Å². The topological polar surface area (TPSA) is 52.9 Å². The lowest BCUT2D eigenvalue weighted by Crippen LogP contribution is -2.24. The van der Waals surface area contributed by atoms with E-state index in [-0.39, 0.29) is 6.51 Å². The number of likely N-dealkylation sites (N-methyl/N-ethyl adjacent to an activating group) is 1. The fourth-order valence-corrected chi connectivity index (χ4v) is 0.436. The monoisotopic (exact) mass is 147 g/mol. The third-order valence-corrected chi connectivity index (χ3v) is 0.950. The van der Waals surface area contributed by atoms with E-state index in [2.05, 4.69) is 0 Å². The molecule has 0 saturated heterocycles. The predicted molar refractivity (Wildman–Crippen MR) is 39.6 cm³/mol. The van der Waals surface area contributed by atoms with E-state index in [4.69, 9.17) is 14.8 Å². The summed E-state index contributed by atoms with van der Waals surface area (Å²) in [6.45, 7) is 1.32. The van der Waals surface area contributed by atoms with Crippen LogP contribution in [0.3, 0.4) is 0 Å². The quantitative estimate of drug-likeness (QED) is 0.370. The molecule has 4 nitrogen and oxygen atoms in total. The fourth-order valence-electron chi connectivity index (χ4n) is 0.436. The molecule has 0 aromatic carbocycles. The van der Waals surface area contributed by atoms with E-state index in [9.17, 15) is 0 Å². The maximum Gasteiger partial charge on any atom is 0.479 e. The number of hydrogen-bond donors (Lipinski definition) is 2. The number of rotatable bonds is 5. The molecule has 0 saturated carbocycles. The standard InChI is InChI=1S/C5H14BNO3/c1-7(2)3-4-10-5-6(8)9/h8-9H,3-5H2,1-2H3. The van der Waals surface area contributed by atoms with Gasteiger partial charge in [-0.1, -0.05) is 0 Å². The van der Waals surface area contributed by atoms with Gasteiger partial charge in [-0.05, 0) is 14.1 Å². The van der Waals surface area contributed by atoms with Crippen LogP contribution in [0.4, 0.5) is 0 Å². The second-order valence-electron chi connectivity index (χ2n) is 2.36. The Kier molecular flexibility index (Phi) is 5.62. The molecule has 0 spiro atoms. The van der Waals surface area contributed by atoms with Crippen LogP contribution in [0.5, 0.6) is 0 Å². The summed E-state index contributed by atoms with van der Waals surface area (Å²) in [7, 11) is 2.51. The van der Waals surface area contributed by atoms with Crippen molar-refractivity contribution in [3.8, 4) is 0 Å². The molecule has 0 aliphatic heterocycles. The van der Waals surface area contributed by atoms with Crippen LogP contribution in [0, 0.1) is 0 Å². The van der Waals surface area contributed by atoms with E-state index in [1.54, 1.807) is 0 Å². The zero-order valence-corrected chi connectivity index (χ0v) is 6.45. The lowest BCUT2D eigenvalue weighted by molar-refractivity contribution is 0.135. The Morgan fingerprint density at radius 1 is 1.40 bits per heavy atom. The predicted octanol–water partition coefficient (Wildman–Crippen LogP) is -1.42. The summed E-state index contributed by atoms with van der Waals surface area (Å²) in [5.74, 6) is 0. The summed E-state index contributed by atoms with van der Waals surface area (Å²) in [5, 5.41) is 16.7. The van der Waals surface area contributed by atoms with Gasteiger partial charge in [0.05, 0.1) is 13.1 Å². The minimum atomic E-state index is -1.35. The van der Waals surface area contributed by atoms with Crippen LogP contribution in [0.2, 0.25) is 0 Å². The highest BCUT2D eigenvalue weighted by atomic mass is 16.5. The van der Waals surface area contributed by atoms with E-state index in [1.807, 2.05) is 19.0 Å². The summed E-state index contributed by atoms with van der Waals surface area (Å²) in [6, 6.07) is 0. The largest absolute Gasteiger partial charge is 0.479 e. The molecule has 0 rings (SSSR count). The Hall–Kier alpha value is -0.0951. The molecule has 0 aliphatic carbocycles. The van der Waals surface area contributed by atoms with Crippen molar-refractivity contribution in [1.29, 1.82) is 0 Å². The van der Waals surface area contributed by atoms with Crippen LogP contribution in [-0.4, -0.2) is 55.8 Å². The first kappa shape index (κ1) is 9.90. The van der Waals surface area contributed by atoms with Gasteiger partial charge in [-0.3, -0.25) is 0 Å². The van der Waals surface area contributed by atoms with Crippen LogP contribution >= 0.6 is 0 Å². The zero-order valence-electron chi connectivity index (χ0n) is 6.45. The van der Waals surface area contributed by atoms with E-state index in [0.717, 1.165) is 6.54 Å². The van der Waals surface area contributed by atoms with Gasteiger partial charge in [0.1, 0.15) is 0 Å². The fraction of sp³-hybridized carbons (Fsp3) is 1.00. The van der Waals surface area contributed by atoms with Crippen molar-refractivity contribution in [2.24, 2.45) is 0 Å². The molecule has 0 radical (unpaired) electrons. The van der Waals surface area contributed by atoms with Gasteiger partial charge in [0.2, 0.25) is 0 Å². The molecule has 0 fully saturated rings. The number of hydrogen-bond acceptors (Lipinski definition) is 4. The van der Waals surface area contributed by atoms with Crippen molar-refractivity contribution < 1.29 is 14.8 Å². The second-order valence-corrected chi connectivity index (χ2v) is 2.36. The van der Waals surface area contributed by atoms with Crippen molar-refractivity contribution in [1.82, 2.24) is 4.90 Å². The van der Waals surface area contributed by atoms with E-state index >= 15 is 0 Å². The first-order valence-corrected chi connectivity index (χ1v) is 3.21. The molecule has 0 unspecified atom stereocenters. The van der Waals surface area contributed by atoms with Crippen molar-refractivity contribution >= 4 is 7.12 Å². The normalized spacial score (nSPS) is 10.5. The highest BCUT2D eigenvalue weighted by Gasteiger charge is 2.04. The molecule has 0 amide bonds. The van der Waals surface area contributed by atoms with Crippen LogP contribution in [0.1, 0.15) is 0 Å². The van der Waals surface area contributed by atoms with E-state index in [0.29, 0.717) is 6.61 Å². The van der Waals surface area contributed by atoms with Gasteiger partial charge in [0.25, 0.3) is 0 Å². The second kappa shape index (κ2) is 5.67. The molecule has 60 valence electrons. The van der Waals surface area contributed by atoms with Crippen molar-refractivity contribution in [2.45, 2.75) is 0 Å². The molecular weight excluding hydrogens is 133 g/mol. The SMILES string of the molecule is CN(C)CCOCB(O)O. The Balaban J connectivity index is 2.91. The number of nitrogens with zero attached hydrogens (tertiary/aromatic N) is 1. The van der Waals surface area contributed by atoms with E-state index in [1.165, 1.54) is 0 Å². The minimum absolute atomic E-state index is 0.00611. The first-order chi connectivity index (χ1) is 4.63. The summed E-state index contributed by atoms with van der Waals surface area (Å²) in [4.78, 5) is 1.96. The minimum Gasteiger partial charge on any atom is -0.426 e. The molecule has 0 aliphatic rings. The molecular formula is C5H14BNO3. The highest BCUT2D eigenvalue weighted by molar-refractivity contribution is 6.40. The highest BCUT2D eigenvalue weighted by Crippen LogP contribution is 1.78. The van der Waals surface area contributed by atoms with Crippen molar-refractivity contribution in [3.63, 3.8) is 0 Å². The van der Waals surface area contributed by atoms with Gasteiger partial charge in [-0.15, -0.1) is 0 Å². The number of ether oxygens (including phenoxy) is 1. The maximum atomic E-state index is 8.33. The van der Waals surface area contributed by atoms with Crippen molar-refractivity contribution in [3.05, 3.63) is 0 Å². The molecule has 0 aromatic rings. The summed E-state index contributed by atoms with van der Waals surface area (Å²) < 4.78 is 4.86. The van der Waals surface area contributed by atoms with Gasteiger partial charge in [-0.2, -0.15) is 0 Å². The van der Waals surface area contributed by atoms with Crippen LogP contribution in [0.25, 0.3) is 0 Å². The molecule has 0 bridgehead atoms. The van der Waals surface area contributed by atoms with Gasteiger partial charge >= 0.3 is 7.12 Å². The summed E-state index contributed by atoms with van der Waals surface area (Å²) >= 11 is 0. The Morgan fingerprint density at radius 2 is 2.00 bits per heavy atom. The van der Waals surface area contributed by atoms with Gasteiger partial charge in [0, 0.05) is 6.54 Å². The molecule has 5 heteroatoms. The molecule has 10 heavy (non-hydrogen) atoms. The first-order valence-electron chi connectivity index (χ1n) is 3.21. The van der Waals surface area contributed by atoms with Crippen LogP contribution in [0.15, 0.2) is 0 Å². The Bertz CT molecular complexity index is 69.3. The molecule has 0 heterocycles. The molecule has 0 atom stereocenters. The van der Waals surface area contributed by atoms with E-state index < -0.39 is 7.12 Å². The Morgan fingerprint density at radius 3 is 2.40 bits per heavy atom. The van der Waals surface area contributed by atoms with Gasteiger partial charge in [-0.25, -0.2) is 0 Å². The summed E-state index contributed by atoms with van der Waals surface area (Å²) in [6.07, 6.45) is 0. The third-order valence-electron chi connectivity index (χ3n) is 0.950. The van der Waals surface area contributed by atoms with Crippen LogP contribution in [-0.2, 0) is 4.74 Å². The van der Waals surface area contributed by atoms with Gasteiger partial charge < -0.3 is 19.7 Å². The lowest BCUT2D eigenvalue weighted by Gasteiger charge is -2.08. The molecule has 2 N–H and O–H groups in total. The molecule has 0 aromatic heterocycles. The average molecular weight is 147 g/mol. The smallest absolute Gasteiger partial charge is 0.426 e. The zero-order chi connectivity index (χ0) is 7.98. The Labute approximate surface area is 61.6 Å².